The van der Waals surface area contributed by atoms with Crippen molar-refractivity contribution in [2.75, 3.05) is 59.5 Å². The van der Waals surface area contributed by atoms with Crippen LogP contribution in [0.3, 0.4) is 0 Å². The van der Waals surface area contributed by atoms with Gasteiger partial charge in [-0.1, -0.05) is 0 Å². The number of aliphatic hydroxyl groups excluding tert-OH is 29. The molecule has 29 N–H and O–H groups in total. The second-order valence-corrected chi connectivity index (χ2v) is 25.3. The predicted molar refractivity (Wildman–Crippen MR) is 297 cm³/mol. The molecule has 1 unspecified atom stereocenters. The zero-order valence-electron chi connectivity index (χ0n) is 52.3. The normalized spacial score (nSPS) is 53.7. The Bertz CT molecular complexity index is 2450. The minimum atomic E-state index is -2.46. The first kappa shape index (κ1) is 82.2. The Kier molecular flexibility index (Phi) is 29.2. The Morgan fingerprint density at radius 1 is 0.170 bits per heavy atom. The minimum Gasteiger partial charge on any atom is -0.394 e. The van der Waals surface area contributed by atoms with Crippen molar-refractivity contribution in [3.8, 4) is 0 Å². The lowest BCUT2D eigenvalue weighted by atomic mass is 9.95. The van der Waals surface area contributed by atoms with Gasteiger partial charge in [-0.15, -0.1) is 0 Å². The predicted octanol–water partition coefficient (Wildman–Crippen LogP) is -20.6. The molecule has 584 valence electrons. The molecule has 9 heterocycles. The molecule has 0 spiro atoms. The monoisotopic (exact) mass is 1480 g/mol. The van der Waals surface area contributed by atoms with Crippen molar-refractivity contribution in [1.82, 2.24) is 0 Å². The van der Waals surface area contributed by atoms with Gasteiger partial charge in [0, 0.05) is 0 Å². The van der Waals surface area contributed by atoms with Crippen molar-refractivity contribution in [2.24, 2.45) is 0 Å². The number of aliphatic hydroxyl groups is 29. The third-order valence-electron chi connectivity index (χ3n) is 18.7. The van der Waals surface area contributed by atoms with E-state index in [9.17, 15) is 148 Å². The van der Waals surface area contributed by atoms with Gasteiger partial charge in [0.2, 0.25) is 0 Å². The Morgan fingerprint density at radius 2 is 0.350 bits per heavy atom. The van der Waals surface area contributed by atoms with E-state index in [-0.39, 0.29) is 0 Å². The third kappa shape index (κ3) is 17.2. The van der Waals surface area contributed by atoms with Gasteiger partial charge in [-0.3, -0.25) is 0 Å². The summed E-state index contributed by atoms with van der Waals surface area (Å²) in [5.41, 5.74) is 0. The first-order chi connectivity index (χ1) is 47.4. The highest BCUT2D eigenvalue weighted by Gasteiger charge is 2.59. The first-order valence-electron chi connectivity index (χ1n) is 31.7. The van der Waals surface area contributed by atoms with E-state index in [1.54, 1.807) is 0 Å². The molecule has 0 radical (unpaired) electrons. The molecule has 0 aromatic carbocycles. The van der Waals surface area contributed by atoms with Crippen molar-refractivity contribution >= 4 is 0 Å². The lowest BCUT2D eigenvalue weighted by molar-refractivity contribution is -0.400. The van der Waals surface area contributed by atoms with Crippen molar-refractivity contribution in [1.29, 1.82) is 0 Å². The maximum Gasteiger partial charge on any atom is 0.187 e. The van der Waals surface area contributed by atoms with E-state index in [0.717, 1.165) is 0 Å². The SMILES string of the molecule is OC[C@H]1O[C@H](OC[C@H]2O[C@@H](O[C@H]3[C@H](O)[C@H](O)[C@H](O[C@H]4[C@H](O)[C@H](O)[C@H](O[C@H]5[C@H](O)[C@H](O)[C@H](O[C@H]6[C@H](O)[C@H](O)C(O)O[C@@H]6CO[C@H]6O[C@H](CO)[C@H](O)[C@H](O)[C@H]6O)O[C@@H]5CO)O[C@@H]4CO)O[C@@H]3CO[C@H]3O[C@H](CO)[C@H](O)[C@H](O)[C@H]3O)[C@@H](O)[C@@H](O)[C@@H]2O[C@@H]2O[C@H](CO)[C@@H](O)[C@H](O)[C@@H]2O)[C@H](O)[C@@H](O)[C@H]1O. The highest BCUT2D eigenvalue weighted by molar-refractivity contribution is 5.02. The maximum atomic E-state index is 12.0. The van der Waals surface area contributed by atoms with Gasteiger partial charge >= 0.3 is 0 Å². The smallest absolute Gasteiger partial charge is 0.187 e. The van der Waals surface area contributed by atoms with Gasteiger partial charge in [-0.2, -0.15) is 0 Å². The summed E-state index contributed by atoms with van der Waals surface area (Å²) in [4.78, 5) is 0. The second-order valence-electron chi connectivity index (χ2n) is 25.3. The van der Waals surface area contributed by atoms with Crippen LogP contribution < -0.4 is 0 Å². The van der Waals surface area contributed by atoms with Crippen LogP contribution in [0.4, 0.5) is 0 Å². The molecule has 0 saturated carbocycles. The third-order valence-corrected chi connectivity index (χ3v) is 18.7. The van der Waals surface area contributed by atoms with E-state index in [1.165, 1.54) is 0 Å². The molecule has 9 aliphatic heterocycles. The standard InChI is InChI=1S/C54H92O46/c55-1-10-19(61)23(65)33(75)47(88-10)84-7-16-43(27(69)32(74)46(83)87-16)98-52-38(80)29(71)41(14(5-59)93-52)96-51-37(79)28(70)42(15(6-60)92-51)97-53-39(81)30(72)45(18(94-53)9-86-49-35(77)25(67)21(63)12(3-57)90-49)100-54-40(82)31(73)44(99-50-36(78)26(68)22(64)13(4-58)91-50)17(95-54)8-85-48-34(76)24(66)20(62)11(2-56)89-48/h10-83H,1-9H2/t10-,11-,12-,13-,14-,15-,16-,17-,18-,19+,20+,21+,22-,23+,24+,25+,26+,27-,28-,29-,30-,31-,32+,33-,34-,35-,36+,37+,38+,39+,40+,41-,42-,43-,44-,45-,46?,47+,48+,49+,50+,51+,52+,53+,54+/m1/s1. The van der Waals surface area contributed by atoms with E-state index in [0.29, 0.717) is 0 Å². The quantitative estimate of drug-likeness (QED) is 0.0404. The molecule has 45 atom stereocenters. The average molecular weight is 1480 g/mol. The minimum absolute atomic E-state index is 0.848. The number of rotatable bonds is 25. The van der Waals surface area contributed by atoms with Crippen LogP contribution >= 0.6 is 0 Å². The van der Waals surface area contributed by atoms with Gasteiger partial charge in [0.05, 0.1) is 59.5 Å². The molecule has 46 nitrogen and oxygen atoms in total. The number of hydrogen-bond acceptors (Lipinski definition) is 46. The van der Waals surface area contributed by atoms with Gasteiger partial charge in [-0.05, 0) is 0 Å². The Hall–Kier alpha value is -1.84. The fourth-order valence-corrected chi connectivity index (χ4v) is 12.7. The molecule has 0 bridgehead atoms. The summed E-state index contributed by atoms with van der Waals surface area (Å²) in [6.07, 6.45) is -92.0. The number of hydrogen-bond donors (Lipinski definition) is 29. The highest BCUT2D eigenvalue weighted by Crippen LogP contribution is 2.39. The van der Waals surface area contributed by atoms with Gasteiger partial charge in [0.1, 0.15) is 220 Å². The Morgan fingerprint density at radius 3 is 0.600 bits per heavy atom. The van der Waals surface area contributed by atoms with Crippen LogP contribution in [-0.2, 0) is 80.5 Å². The van der Waals surface area contributed by atoms with E-state index < -0.39 is 336 Å². The van der Waals surface area contributed by atoms with Crippen LogP contribution in [0.2, 0.25) is 0 Å². The van der Waals surface area contributed by atoms with Crippen LogP contribution in [0.25, 0.3) is 0 Å². The number of ether oxygens (including phenoxy) is 17. The lowest BCUT2D eigenvalue weighted by Crippen LogP contribution is -2.68. The van der Waals surface area contributed by atoms with E-state index >= 15 is 0 Å². The van der Waals surface area contributed by atoms with Gasteiger partial charge in [-0.25, -0.2) is 0 Å². The van der Waals surface area contributed by atoms with Crippen molar-refractivity contribution in [3.05, 3.63) is 0 Å². The fourth-order valence-electron chi connectivity index (χ4n) is 12.7. The molecule has 0 aliphatic carbocycles. The molecule has 0 aromatic rings. The Balaban J connectivity index is 0.906. The molecular formula is C54H92O46. The highest BCUT2D eigenvalue weighted by atomic mass is 16.8. The summed E-state index contributed by atoms with van der Waals surface area (Å²) >= 11 is 0. The average Bonchev–Trinajstić information content (AvgIpc) is 0.774. The summed E-state index contributed by atoms with van der Waals surface area (Å²) in [5.74, 6) is 0. The van der Waals surface area contributed by atoms with Gasteiger partial charge in [0.15, 0.2) is 56.6 Å². The van der Waals surface area contributed by atoms with Gasteiger partial charge in [0.25, 0.3) is 0 Å². The van der Waals surface area contributed by atoms with E-state index in [4.69, 9.17) is 80.5 Å². The summed E-state index contributed by atoms with van der Waals surface area (Å²) in [6, 6.07) is 0. The molecule has 0 amide bonds. The molecular weight excluding hydrogens is 1380 g/mol. The summed E-state index contributed by atoms with van der Waals surface area (Å²) < 4.78 is 96.2. The van der Waals surface area contributed by atoms with Crippen molar-refractivity contribution in [2.45, 2.75) is 276 Å². The first-order valence-corrected chi connectivity index (χ1v) is 31.7. The maximum absolute atomic E-state index is 12.0. The van der Waals surface area contributed by atoms with Crippen LogP contribution in [0, 0.1) is 0 Å². The zero-order valence-corrected chi connectivity index (χ0v) is 52.3. The molecule has 9 saturated heterocycles. The lowest BCUT2D eigenvalue weighted by Gasteiger charge is -2.50. The molecule has 0 aromatic heterocycles. The molecule has 9 aliphatic rings. The van der Waals surface area contributed by atoms with Crippen LogP contribution in [0.15, 0.2) is 0 Å². The van der Waals surface area contributed by atoms with E-state index in [2.05, 4.69) is 0 Å². The molecule has 9 fully saturated rings. The second kappa shape index (κ2) is 35.5. The fraction of sp³-hybridized carbons (Fsp3) is 1.00. The van der Waals surface area contributed by atoms with Crippen molar-refractivity contribution < 1.29 is 229 Å². The zero-order chi connectivity index (χ0) is 73.4. The van der Waals surface area contributed by atoms with E-state index in [1.807, 2.05) is 0 Å². The topological polar surface area (TPSA) is 744 Å². The largest absolute Gasteiger partial charge is 0.394 e. The summed E-state index contributed by atoms with van der Waals surface area (Å²) in [6.45, 7) is -8.99. The van der Waals surface area contributed by atoms with Crippen LogP contribution in [-0.4, -0.2) is 484 Å². The van der Waals surface area contributed by atoms with Crippen LogP contribution in [0.1, 0.15) is 0 Å². The van der Waals surface area contributed by atoms with Gasteiger partial charge < -0.3 is 229 Å². The Labute approximate surface area is 563 Å². The summed E-state index contributed by atoms with van der Waals surface area (Å²) in [5, 5.41) is 312. The van der Waals surface area contributed by atoms with Crippen LogP contribution in [0.5, 0.6) is 0 Å². The molecule has 46 heteroatoms. The summed E-state index contributed by atoms with van der Waals surface area (Å²) in [7, 11) is 0. The molecule has 100 heavy (non-hydrogen) atoms. The van der Waals surface area contributed by atoms with Crippen molar-refractivity contribution in [3.63, 3.8) is 0 Å². The molecule has 9 rings (SSSR count).